The van der Waals surface area contributed by atoms with Crippen LogP contribution in [0.25, 0.3) is 0 Å². The average Bonchev–Trinajstić information content (AvgIpc) is 2.43. The molecule has 2 N–H and O–H groups in total. The van der Waals surface area contributed by atoms with Crippen LogP contribution in [0.3, 0.4) is 0 Å². The molecule has 2 atom stereocenters. The van der Waals surface area contributed by atoms with Gasteiger partial charge < -0.3 is 10.4 Å². The molecule has 2 unspecified atom stereocenters. The summed E-state index contributed by atoms with van der Waals surface area (Å²) in [6.07, 6.45) is 2.31. The van der Waals surface area contributed by atoms with Crippen LogP contribution in [0.1, 0.15) is 29.3 Å². The fraction of sp³-hybridized carbons (Fsp3) is 0.400. The maximum Gasteiger partial charge on any atom is 0.252 e. The first-order valence-corrected chi connectivity index (χ1v) is 8.07. The molecule has 0 heterocycles. The Morgan fingerprint density at radius 1 is 1.45 bits per heavy atom. The van der Waals surface area contributed by atoms with Crippen molar-refractivity contribution in [2.24, 2.45) is 0 Å². The highest BCUT2D eigenvalue weighted by molar-refractivity contribution is 7.84. The zero-order valence-corrected chi connectivity index (χ0v) is 12.5. The van der Waals surface area contributed by atoms with Crippen LogP contribution < -0.4 is 5.32 Å². The SMILES string of the molecule is CC(CCS(C)=O)NC(=O)c1ccccc1C#CCO. The van der Waals surface area contributed by atoms with Crippen molar-refractivity contribution in [3.05, 3.63) is 35.4 Å². The maximum atomic E-state index is 12.2. The summed E-state index contributed by atoms with van der Waals surface area (Å²) in [5, 5.41) is 11.6. The van der Waals surface area contributed by atoms with Gasteiger partial charge in [-0.2, -0.15) is 0 Å². The normalized spacial score (nSPS) is 12.9. The summed E-state index contributed by atoms with van der Waals surface area (Å²) in [5.74, 6) is 5.65. The molecule has 0 saturated carbocycles. The van der Waals surface area contributed by atoms with Crippen LogP contribution in [0.4, 0.5) is 0 Å². The number of hydrogen-bond acceptors (Lipinski definition) is 3. The van der Waals surface area contributed by atoms with E-state index in [0.29, 0.717) is 23.3 Å². The van der Waals surface area contributed by atoms with Crippen LogP contribution in [0.15, 0.2) is 24.3 Å². The van der Waals surface area contributed by atoms with E-state index in [-0.39, 0.29) is 18.6 Å². The lowest BCUT2D eigenvalue weighted by atomic mass is 10.1. The average molecular weight is 293 g/mol. The largest absolute Gasteiger partial charge is 0.384 e. The Morgan fingerprint density at radius 3 is 2.80 bits per heavy atom. The second-order valence-corrected chi connectivity index (χ2v) is 6.00. The van der Waals surface area contributed by atoms with E-state index in [2.05, 4.69) is 17.2 Å². The van der Waals surface area contributed by atoms with Crippen LogP contribution in [0.5, 0.6) is 0 Å². The third kappa shape index (κ3) is 5.55. The Hall–Kier alpha value is -1.64. The molecule has 0 aromatic heterocycles. The molecule has 1 aromatic rings. The highest BCUT2D eigenvalue weighted by Crippen LogP contribution is 2.08. The zero-order chi connectivity index (χ0) is 15.0. The van der Waals surface area contributed by atoms with Crippen LogP contribution in [0, 0.1) is 11.8 Å². The van der Waals surface area contributed by atoms with Gasteiger partial charge in [-0.25, -0.2) is 0 Å². The molecule has 1 rings (SSSR count). The van der Waals surface area contributed by atoms with Gasteiger partial charge in [0, 0.05) is 34.4 Å². The predicted molar refractivity (Wildman–Crippen MR) is 80.9 cm³/mol. The van der Waals surface area contributed by atoms with Crippen LogP contribution in [0.2, 0.25) is 0 Å². The lowest BCUT2D eigenvalue weighted by Gasteiger charge is -2.13. The van der Waals surface area contributed by atoms with Crippen molar-refractivity contribution >= 4 is 16.7 Å². The summed E-state index contributed by atoms with van der Waals surface area (Å²) in [4.78, 5) is 12.2. The van der Waals surface area contributed by atoms with Gasteiger partial charge in [0.2, 0.25) is 0 Å². The van der Waals surface area contributed by atoms with Crippen LogP contribution in [-0.2, 0) is 10.8 Å². The van der Waals surface area contributed by atoms with E-state index >= 15 is 0 Å². The molecule has 0 bridgehead atoms. The van der Waals surface area contributed by atoms with Crippen molar-refractivity contribution in [3.63, 3.8) is 0 Å². The molecular formula is C15H19NO3S. The standard InChI is InChI=1S/C15H19NO3S/c1-12(9-11-20(2)19)16-15(18)14-8-4-3-6-13(14)7-5-10-17/h3-4,6,8,12,17H,9-11H2,1-2H3,(H,16,18). The van der Waals surface area contributed by atoms with E-state index in [1.165, 1.54) is 0 Å². The predicted octanol–water partition coefficient (Wildman–Crippen LogP) is 0.917. The van der Waals surface area contributed by atoms with Gasteiger partial charge in [-0.3, -0.25) is 9.00 Å². The van der Waals surface area contributed by atoms with Gasteiger partial charge in [0.1, 0.15) is 6.61 Å². The van der Waals surface area contributed by atoms with Crippen molar-refractivity contribution in [1.29, 1.82) is 0 Å². The van der Waals surface area contributed by atoms with Gasteiger partial charge in [0.25, 0.3) is 5.91 Å². The van der Waals surface area contributed by atoms with Gasteiger partial charge in [-0.1, -0.05) is 24.0 Å². The first-order valence-electron chi connectivity index (χ1n) is 6.34. The van der Waals surface area contributed by atoms with Crippen molar-refractivity contribution in [2.45, 2.75) is 19.4 Å². The lowest BCUT2D eigenvalue weighted by Crippen LogP contribution is -2.33. The second-order valence-electron chi connectivity index (χ2n) is 4.45. The minimum atomic E-state index is -0.856. The van der Waals surface area contributed by atoms with Gasteiger partial charge in [-0.05, 0) is 25.5 Å². The highest BCUT2D eigenvalue weighted by Gasteiger charge is 2.12. The molecular weight excluding hydrogens is 274 g/mol. The fourth-order valence-corrected chi connectivity index (χ4v) is 2.33. The fourth-order valence-electron chi connectivity index (χ4n) is 1.64. The molecule has 0 aliphatic carbocycles. The molecule has 0 aliphatic rings. The van der Waals surface area contributed by atoms with Gasteiger partial charge in [-0.15, -0.1) is 0 Å². The molecule has 5 heteroatoms. The van der Waals surface area contributed by atoms with Crippen LogP contribution in [-0.4, -0.2) is 39.9 Å². The summed E-state index contributed by atoms with van der Waals surface area (Å²) in [6, 6.07) is 6.95. The topological polar surface area (TPSA) is 66.4 Å². The zero-order valence-electron chi connectivity index (χ0n) is 11.7. The Balaban J connectivity index is 2.74. The van der Waals surface area contributed by atoms with Gasteiger partial charge >= 0.3 is 0 Å². The monoisotopic (exact) mass is 293 g/mol. The van der Waals surface area contributed by atoms with E-state index < -0.39 is 10.8 Å². The van der Waals surface area contributed by atoms with Crippen molar-refractivity contribution in [2.75, 3.05) is 18.6 Å². The van der Waals surface area contributed by atoms with E-state index in [1.54, 1.807) is 30.5 Å². The smallest absolute Gasteiger partial charge is 0.252 e. The maximum absolute atomic E-state index is 12.2. The van der Waals surface area contributed by atoms with E-state index in [1.807, 2.05) is 6.92 Å². The summed E-state index contributed by atoms with van der Waals surface area (Å²) >= 11 is 0. The number of aliphatic hydroxyl groups excluding tert-OH is 1. The lowest BCUT2D eigenvalue weighted by molar-refractivity contribution is 0.0939. The number of aliphatic hydroxyl groups is 1. The quantitative estimate of drug-likeness (QED) is 0.793. The number of carbonyl (C=O) groups is 1. The summed E-state index contributed by atoms with van der Waals surface area (Å²) in [5.41, 5.74) is 1.07. The van der Waals surface area contributed by atoms with Crippen molar-refractivity contribution in [1.82, 2.24) is 5.32 Å². The first-order chi connectivity index (χ1) is 9.54. The number of nitrogens with one attached hydrogen (secondary N) is 1. The van der Waals surface area contributed by atoms with E-state index in [0.717, 1.165) is 0 Å². The van der Waals surface area contributed by atoms with E-state index in [9.17, 15) is 9.00 Å². The number of amides is 1. The number of carbonyl (C=O) groups excluding carboxylic acids is 1. The Kier molecular flexibility index (Phi) is 6.99. The Labute approximate surface area is 122 Å². The van der Waals surface area contributed by atoms with Gasteiger partial charge in [0.15, 0.2) is 0 Å². The summed E-state index contributed by atoms with van der Waals surface area (Å²) in [7, 11) is -0.856. The Morgan fingerprint density at radius 2 is 2.15 bits per heavy atom. The molecule has 1 aromatic carbocycles. The van der Waals surface area contributed by atoms with Gasteiger partial charge in [0.05, 0.1) is 5.56 Å². The third-order valence-corrected chi connectivity index (χ3v) is 3.50. The minimum absolute atomic E-state index is 0.0507. The molecule has 0 aliphatic heterocycles. The molecule has 0 spiro atoms. The molecule has 108 valence electrons. The number of benzene rings is 1. The molecule has 4 nitrogen and oxygen atoms in total. The molecule has 0 radical (unpaired) electrons. The Bertz CT molecular complexity index is 546. The minimum Gasteiger partial charge on any atom is -0.384 e. The van der Waals surface area contributed by atoms with Crippen molar-refractivity contribution in [3.8, 4) is 11.8 Å². The third-order valence-electron chi connectivity index (χ3n) is 2.69. The summed E-state index contributed by atoms with van der Waals surface area (Å²) in [6.45, 7) is 1.64. The van der Waals surface area contributed by atoms with E-state index in [4.69, 9.17) is 5.11 Å². The second kappa shape index (κ2) is 8.51. The highest BCUT2D eigenvalue weighted by atomic mass is 32.2. The van der Waals surface area contributed by atoms with Crippen LogP contribution >= 0.6 is 0 Å². The molecule has 0 saturated heterocycles. The summed E-state index contributed by atoms with van der Waals surface area (Å²) < 4.78 is 11.0. The van der Waals surface area contributed by atoms with Crippen molar-refractivity contribution < 1.29 is 14.1 Å². The first kappa shape index (κ1) is 16.4. The number of rotatable bonds is 5. The molecule has 0 fully saturated rings. The molecule has 20 heavy (non-hydrogen) atoms. The number of hydrogen-bond donors (Lipinski definition) is 2. The molecule has 1 amide bonds.